The summed E-state index contributed by atoms with van der Waals surface area (Å²) in [6.45, 7) is 11.2. The molecule has 0 bridgehead atoms. The summed E-state index contributed by atoms with van der Waals surface area (Å²) < 4.78 is 0. The zero-order valence-electron chi connectivity index (χ0n) is 13.5. The zero-order chi connectivity index (χ0) is 13.9. The van der Waals surface area contributed by atoms with Crippen LogP contribution in [0.2, 0.25) is 0 Å². The first kappa shape index (κ1) is 14.8. The Labute approximate surface area is 125 Å². The van der Waals surface area contributed by atoms with Gasteiger partial charge in [-0.15, -0.1) is 0 Å². The summed E-state index contributed by atoms with van der Waals surface area (Å²) in [6, 6.07) is 2.50. The Kier molecular flexibility index (Phi) is 5.00. The van der Waals surface area contributed by atoms with Gasteiger partial charge >= 0.3 is 0 Å². The second kappa shape index (κ2) is 6.76. The largest absolute Gasteiger partial charge is 0.312 e. The molecule has 0 spiro atoms. The van der Waals surface area contributed by atoms with Crippen molar-refractivity contribution >= 4 is 0 Å². The van der Waals surface area contributed by atoms with Gasteiger partial charge in [0.1, 0.15) is 0 Å². The number of piperazine rings is 1. The van der Waals surface area contributed by atoms with Gasteiger partial charge in [0.2, 0.25) is 0 Å². The predicted molar refractivity (Wildman–Crippen MR) is 85.1 cm³/mol. The van der Waals surface area contributed by atoms with E-state index >= 15 is 0 Å². The van der Waals surface area contributed by atoms with Crippen LogP contribution in [-0.4, -0.2) is 60.6 Å². The van der Waals surface area contributed by atoms with Crippen molar-refractivity contribution in [3.8, 4) is 0 Å². The minimum atomic E-state index is 0.749. The highest BCUT2D eigenvalue weighted by Crippen LogP contribution is 2.31. The van der Waals surface area contributed by atoms with Crippen LogP contribution in [-0.2, 0) is 0 Å². The monoisotopic (exact) mass is 279 g/mol. The fourth-order valence-electron chi connectivity index (χ4n) is 4.20. The van der Waals surface area contributed by atoms with E-state index in [1.54, 1.807) is 0 Å². The molecule has 3 heteroatoms. The molecule has 116 valence electrons. The molecule has 2 aliphatic carbocycles. The van der Waals surface area contributed by atoms with Crippen LogP contribution in [0.25, 0.3) is 0 Å². The van der Waals surface area contributed by atoms with E-state index in [9.17, 15) is 0 Å². The topological polar surface area (TPSA) is 18.5 Å². The highest BCUT2D eigenvalue weighted by molar-refractivity contribution is 4.94. The van der Waals surface area contributed by atoms with Crippen molar-refractivity contribution in [2.75, 3.05) is 32.7 Å². The quantitative estimate of drug-likeness (QED) is 0.833. The van der Waals surface area contributed by atoms with Gasteiger partial charge in [-0.3, -0.25) is 9.80 Å². The minimum absolute atomic E-state index is 0.749. The molecule has 1 N–H and O–H groups in total. The fourth-order valence-corrected chi connectivity index (χ4v) is 4.20. The average molecular weight is 279 g/mol. The molecule has 20 heavy (non-hydrogen) atoms. The van der Waals surface area contributed by atoms with Crippen LogP contribution in [0.1, 0.15) is 52.4 Å². The van der Waals surface area contributed by atoms with Gasteiger partial charge in [-0.25, -0.2) is 0 Å². The molecular weight excluding hydrogens is 246 g/mol. The van der Waals surface area contributed by atoms with E-state index in [2.05, 4.69) is 29.0 Å². The molecule has 3 aliphatic rings. The SMILES string of the molecule is CCCNC1CCC(C)CC1N1CCN(C2CC2)CC1. The van der Waals surface area contributed by atoms with Crippen LogP contribution < -0.4 is 5.32 Å². The Balaban J connectivity index is 1.54. The van der Waals surface area contributed by atoms with E-state index in [1.807, 2.05) is 0 Å². The van der Waals surface area contributed by atoms with Crippen LogP contribution in [0.15, 0.2) is 0 Å². The molecule has 3 rings (SSSR count). The van der Waals surface area contributed by atoms with Gasteiger partial charge in [0, 0.05) is 44.3 Å². The summed E-state index contributed by atoms with van der Waals surface area (Å²) >= 11 is 0. The molecule has 1 saturated heterocycles. The highest BCUT2D eigenvalue weighted by atomic mass is 15.3. The van der Waals surface area contributed by atoms with Gasteiger partial charge in [-0.05, 0) is 51.0 Å². The molecular formula is C17H33N3. The van der Waals surface area contributed by atoms with E-state index in [0.717, 1.165) is 24.0 Å². The van der Waals surface area contributed by atoms with Crippen molar-refractivity contribution < 1.29 is 0 Å². The number of rotatable bonds is 5. The van der Waals surface area contributed by atoms with E-state index in [4.69, 9.17) is 0 Å². The van der Waals surface area contributed by atoms with Gasteiger partial charge in [0.15, 0.2) is 0 Å². The van der Waals surface area contributed by atoms with Gasteiger partial charge in [-0.1, -0.05) is 13.8 Å². The number of nitrogens with one attached hydrogen (secondary N) is 1. The summed E-state index contributed by atoms with van der Waals surface area (Å²) in [4.78, 5) is 5.54. The first-order chi connectivity index (χ1) is 9.78. The van der Waals surface area contributed by atoms with Crippen LogP contribution >= 0.6 is 0 Å². The third kappa shape index (κ3) is 3.55. The average Bonchev–Trinajstić information content (AvgIpc) is 3.31. The van der Waals surface area contributed by atoms with Crippen molar-refractivity contribution in [2.45, 2.75) is 70.5 Å². The van der Waals surface area contributed by atoms with Gasteiger partial charge in [0.25, 0.3) is 0 Å². The van der Waals surface area contributed by atoms with E-state index < -0.39 is 0 Å². The summed E-state index contributed by atoms with van der Waals surface area (Å²) in [6.07, 6.45) is 8.38. The van der Waals surface area contributed by atoms with Crippen molar-refractivity contribution in [3.63, 3.8) is 0 Å². The summed E-state index contributed by atoms with van der Waals surface area (Å²) in [7, 11) is 0. The number of hydrogen-bond acceptors (Lipinski definition) is 3. The van der Waals surface area contributed by atoms with E-state index in [0.29, 0.717) is 0 Å². The van der Waals surface area contributed by atoms with E-state index in [1.165, 1.54) is 71.2 Å². The maximum Gasteiger partial charge on any atom is 0.0252 e. The van der Waals surface area contributed by atoms with Gasteiger partial charge < -0.3 is 5.32 Å². The Morgan fingerprint density at radius 2 is 1.65 bits per heavy atom. The third-order valence-electron chi connectivity index (χ3n) is 5.62. The molecule has 0 amide bonds. The second-order valence-electron chi connectivity index (χ2n) is 7.35. The third-order valence-corrected chi connectivity index (χ3v) is 5.62. The molecule has 0 aromatic heterocycles. The van der Waals surface area contributed by atoms with Crippen molar-refractivity contribution in [3.05, 3.63) is 0 Å². The molecule has 0 aromatic rings. The Hall–Kier alpha value is -0.120. The molecule has 3 fully saturated rings. The maximum absolute atomic E-state index is 3.83. The standard InChI is InChI=1S/C17H33N3/c1-3-8-18-16-7-4-14(2)13-17(16)20-11-9-19(10-12-20)15-5-6-15/h14-18H,3-13H2,1-2H3. The molecule has 1 heterocycles. The molecule has 0 aromatic carbocycles. The maximum atomic E-state index is 3.83. The lowest BCUT2D eigenvalue weighted by Gasteiger charge is -2.46. The highest BCUT2D eigenvalue weighted by Gasteiger charge is 2.36. The van der Waals surface area contributed by atoms with Crippen LogP contribution in [0.3, 0.4) is 0 Å². The number of hydrogen-bond donors (Lipinski definition) is 1. The Bertz CT molecular complexity index is 293. The van der Waals surface area contributed by atoms with Gasteiger partial charge in [0.05, 0.1) is 0 Å². The van der Waals surface area contributed by atoms with Crippen LogP contribution in [0.5, 0.6) is 0 Å². The Morgan fingerprint density at radius 3 is 2.30 bits per heavy atom. The van der Waals surface area contributed by atoms with Gasteiger partial charge in [-0.2, -0.15) is 0 Å². The lowest BCUT2D eigenvalue weighted by atomic mass is 9.82. The van der Waals surface area contributed by atoms with E-state index in [-0.39, 0.29) is 0 Å². The minimum Gasteiger partial charge on any atom is -0.312 e. The summed E-state index contributed by atoms with van der Waals surface area (Å²) in [5.74, 6) is 0.918. The lowest BCUT2D eigenvalue weighted by Crippen LogP contribution is -2.58. The van der Waals surface area contributed by atoms with Crippen molar-refractivity contribution in [1.82, 2.24) is 15.1 Å². The predicted octanol–water partition coefficient (Wildman–Crippen LogP) is 2.32. The first-order valence-corrected chi connectivity index (χ1v) is 8.99. The second-order valence-corrected chi connectivity index (χ2v) is 7.35. The van der Waals surface area contributed by atoms with Crippen molar-refractivity contribution in [1.29, 1.82) is 0 Å². The van der Waals surface area contributed by atoms with Crippen LogP contribution in [0, 0.1) is 5.92 Å². The molecule has 3 atom stereocenters. The van der Waals surface area contributed by atoms with Crippen molar-refractivity contribution in [2.24, 2.45) is 5.92 Å². The Morgan fingerprint density at radius 1 is 0.950 bits per heavy atom. The van der Waals surface area contributed by atoms with Crippen LogP contribution in [0.4, 0.5) is 0 Å². The molecule has 2 saturated carbocycles. The summed E-state index contributed by atoms with van der Waals surface area (Å²) in [5, 5.41) is 3.83. The molecule has 3 unspecified atom stereocenters. The summed E-state index contributed by atoms with van der Waals surface area (Å²) in [5.41, 5.74) is 0. The smallest absolute Gasteiger partial charge is 0.0252 e. The zero-order valence-corrected chi connectivity index (χ0v) is 13.5. The fraction of sp³-hybridized carbons (Fsp3) is 1.00. The molecule has 3 nitrogen and oxygen atoms in total. The first-order valence-electron chi connectivity index (χ1n) is 8.99. The normalized spacial score (nSPS) is 37.2. The number of nitrogens with zero attached hydrogens (tertiary/aromatic N) is 2. The lowest BCUT2D eigenvalue weighted by molar-refractivity contribution is 0.0475. The molecule has 1 aliphatic heterocycles. The molecule has 0 radical (unpaired) electrons.